The molecule has 1 fully saturated rings. The van der Waals surface area contributed by atoms with Gasteiger partial charge in [-0.2, -0.15) is 0 Å². The molecule has 2 aromatic heterocycles. The molecule has 3 atom stereocenters. The number of fused-ring (bicyclic) bond motifs is 1. The summed E-state index contributed by atoms with van der Waals surface area (Å²) in [5.41, 5.74) is 4.44. The van der Waals surface area contributed by atoms with E-state index in [1.54, 1.807) is 4.57 Å². The van der Waals surface area contributed by atoms with Gasteiger partial charge in [-0.05, 0) is 5.57 Å². The fourth-order valence-electron chi connectivity index (χ4n) is 2.62. The fraction of sp³-hybridized carbons (Fsp3) is 0.417. The number of nitrogens with two attached hydrogens (primary N) is 1. The van der Waals surface area contributed by atoms with Gasteiger partial charge >= 0.3 is 0 Å². The van der Waals surface area contributed by atoms with Crippen molar-refractivity contribution < 1.29 is 14.6 Å². The van der Waals surface area contributed by atoms with Crippen molar-refractivity contribution in [3.8, 4) is 0 Å². The number of nitrogen functional groups attached to an aromatic ring is 1. The third-order valence-electron chi connectivity index (χ3n) is 3.86. The van der Waals surface area contributed by atoms with E-state index in [-0.39, 0.29) is 17.8 Å². The lowest BCUT2D eigenvalue weighted by atomic mass is 9.99. The van der Waals surface area contributed by atoms with Gasteiger partial charge in [-0.1, -0.05) is 6.58 Å². The molecule has 0 amide bonds. The standard InChI is InChI=1S/C12H14FN5O2/c1-6-7(2-8(20)12(6,13)3-19)18-5-17-9-10(14)15-4-16-11(9)18/h4-5,7-8,19-20H,1-3H2,(H2,14,15,16)/t7-,8-,12-/m0/s1. The summed E-state index contributed by atoms with van der Waals surface area (Å²) < 4.78 is 16.1. The van der Waals surface area contributed by atoms with Gasteiger partial charge in [-0.25, -0.2) is 19.3 Å². The molecule has 1 aliphatic carbocycles. The molecule has 20 heavy (non-hydrogen) atoms. The second kappa shape index (κ2) is 4.22. The van der Waals surface area contributed by atoms with Gasteiger partial charge in [0, 0.05) is 6.42 Å². The number of nitrogens with zero attached hydrogens (tertiary/aromatic N) is 4. The minimum Gasteiger partial charge on any atom is -0.393 e. The molecule has 0 aromatic carbocycles. The van der Waals surface area contributed by atoms with Crippen LogP contribution in [-0.4, -0.2) is 48.1 Å². The van der Waals surface area contributed by atoms with E-state index in [0.717, 1.165) is 0 Å². The fourth-order valence-corrected chi connectivity index (χ4v) is 2.62. The summed E-state index contributed by atoms with van der Waals surface area (Å²) in [5.74, 6) is 0.228. The number of imidazole rings is 1. The van der Waals surface area contributed by atoms with Crippen LogP contribution < -0.4 is 5.73 Å². The Bertz CT molecular complexity index is 688. The molecule has 0 radical (unpaired) electrons. The van der Waals surface area contributed by atoms with E-state index in [0.29, 0.717) is 11.2 Å². The molecule has 0 unspecified atom stereocenters. The Labute approximate surface area is 113 Å². The Kier molecular flexibility index (Phi) is 2.73. The Morgan fingerprint density at radius 3 is 2.90 bits per heavy atom. The Balaban J connectivity index is 2.09. The average Bonchev–Trinajstić information content (AvgIpc) is 2.95. The highest BCUT2D eigenvalue weighted by atomic mass is 19.1. The number of aliphatic hydroxyl groups excluding tert-OH is 2. The van der Waals surface area contributed by atoms with Crippen LogP contribution in [0.2, 0.25) is 0 Å². The highest BCUT2D eigenvalue weighted by Gasteiger charge is 2.51. The van der Waals surface area contributed by atoms with Crippen molar-refractivity contribution in [1.29, 1.82) is 0 Å². The Morgan fingerprint density at radius 1 is 1.50 bits per heavy atom. The van der Waals surface area contributed by atoms with Crippen LogP contribution in [0.5, 0.6) is 0 Å². The number of alkyl halides is 1. The number of hydrogen-bond acceptors (Lipinski definition) is 6. The number of halogens is 1. The smallest absolute Gasteiger partial charge is 0.182 e. The summed E-state index contributed by atoms with van der Waals surface area (Å²) in [6, 6.07) is -0.540. The predicted molar refractivity (Wildman–Crippen MR) is 69.5 cm³/mol. The maximum absolute atomic E-state index is 14.5. The second-order valence-corrected chi connectivity index (χ2v) is 4.90. The Hall–Kier alpha value is -2.06. The zero-order valence-electron chi connectivity index (χ0n) is 10.6. The summed E-state index contributed by atoms with van der Waals surface area (Å²) >= 11 is 0. The van der Waals surface area contributed by atoms with Gasteiger partial charge in [0.15, 0.2) is 17.1 Å². The SMILES string of the molecule is C=C1[C@@H](n2cnc3c(N)ncnc32)C[C@H](O)[C@]1(F)CO. The van der Waals surface area contributed by atoms with E-state index in [4.69, 9.17) is 5.73 Å². The number of hydrogen-bond donors (Lipinski definition) is 3. The maximum atomic E-state index is 14.5. The van der Waals surface area contributed by atoms with Crippen molar-refractivity contribution in [3.63, 3.8) is 0 Å². The lowest BCUT2D eigenvalue weighted by molar-refractivity contribution is -0.00222. The lowest BCUT2D eigenvalue weighted by Gasteiger charge is -2.22. The molecule has 8 heteroatoms. The molecule has 1 aliphatic rings. The first-order valence-corrected chi connectivity index (χ1v) is 6.09. The molecule has 0 saturated heterocycles. The van der Waals surface area contributed by atoms with Crippen LogP contribution in [0.1, 0.15) is 12.5 Å². The minimum atomic E-state index is -2.21. The van der Waals surface area contributed by atoms with Crippen molar-refractivity contribution in [2.45, 2.75) is 24.2 Å². The molecular weight excluding hydrogens is 265 g/mol. The van der Waals surface area contributed by atoms with Gasteiger partial charge in [-0.15, -0.1) is 0 Å². The highest BCUT2D eigenvalue weighted by molar-refractivity contribution is 5.81. The molecule has 3 rings (SSSR count). The Morgan fingerprint density at radius 2 is 2.25 bits per heavy atom. The first-order chi connectivity index (χ1) is 9.49. The van der Waals surface area contributed by atoms with Crippen LogP contribution in [0, 0.1) is 0 Å². The summed E-state index contributed by atoms with van der Waals surface area (Å²) in [6.07, 6.45) is 1.52. The van der Waals surface area contributed by atoms with E-state index < -0.39 is 24.4 Å². The number of anilines is 1. The zero-order chi connectivity index (χ0) is 14.5. The van der Waals surface area contributed by atoms with Crippen LogP contribution in [0.25, 0.3) is 11.2 Å². The molecular formula is C12H14FN5O2. The highest BCUT2D eigenvalue weighted by Crippen LogP contribution is 2.45. The van der Waals surface area contributed by atoms with Crippen molar-refractivity contribution in [2.75, 3.05) is 12.3 Å². The molecule has 2 heterocycles. The predicted octanol–water partition coefficient (Wildman–Crippen LogP) is -0.0290. The molecule has 0 bridgehead atoms. The van der Waals surface area contributed by atoms with E-state index in [2.05, 4.69) is 21.5 Å². The topological polar surface area (TPSA) is 110 Å². The van der Waals surface area contributed by atoms with E-state index in [1.165, 1.54) is 12.7 Å². The van der Waals surface area contributed by atoms with E-state index in [9.17, 15) is 14.6 Å². The molecule has 4 N–H and O–H groups in total. The molecule has 0 spiro atoms. The number of rotatable bonds is 2. The third-order valence-corrected chi connectivity index (χ3v) is 3.86. The first-order valence-electron chi connectivity index (χ1n) is 6.09. The summed E-state index contributed by atoms with van der Waals surface area (Å²) in [7, 11) is 0. The van der Waals surface area contributed by atoms with Gasteiger partial charge in [-0.3, -0.25) is 0 Å². The van der Waals surface area contributed by atoms with Gasteiger partial charge in [0.25, 0.3) is 0 Å². The summed E-state index contributed by atoms with van der Waals surface area (Å²) in [6.45, 7) is 2.86. The van der Waals surface area contributed by atoms with Gasteiger partial charge < -0.3 is 20.5 Å². The van der Waals surface area contributed by atoms with Gasteiger partial charge in [0.05, 0.1) is 25.1 Å². The molecule has 2 aromatic rings. The van der Waals surface area contributed by atoms with Crippen molar-refractivity contribution in [3.05, 3.63) is 24.8 Å². The quantitative estimate of drug-likeness (QED) is 0.666. The first kappa shape index (κ1) is 12.9. The molecule has 7 nitrogen and oxygen atoms in total. The molecule has 0 aliphatic heterocycles. The average molecular weight is 279 g/mol. The van der Waals surface area contributed by atoms with Crippen LogP contribution in [0.3, 0.4) is 0 Å². The summed E-state index contributed by atoms with van der Waals surface area (Å²) in [5, 5.41) is 19.0. The van der Waals surface area contributed by atoms with E-state index >= 15 is 0 Å². The van der Waals surface area contributed by atoms with Gasteiger partial charge in [0.1, 0.15) is 11.8 Å². The van der Waals surface area contributed by atoms with Crippen LogP contribution in [0.15, 0.2) is 24.8 Å². The number of aromatic nitrogens is 4. The minimum absolute atomic E-state index is 0.0886. The largest absolute Gasteiger partial charge is 0.393 e. The summed E-state index contributed by atoms with van der Waals surface area (Å²) in [4.78, 5) is 12.0. The van der Waals surface area contributed by atoms with Crippen molar-refractivity contribution in [1.82, 2.24) is 19.5 Å². The van der Waals surface area contributed by atoms with Crippen LogP contribution >= 0.6 is 0 Å². The molecule has 1 saturated carbocycles. The normalized spacial score (nSPS) is 30.2. The van der Waals surface area contributed by atoms with E-state index in [1.807, 2.05) is 0 Å². The zero-order valence-corrected chi connectivity index (χ0v) is 10.6. The second-order valence-electron chi connectivity index (χ2n) is 4.90. The lowest BCUT2D eigenvalue weighted by Crippen LogP contribution is -2.37. The maximum Gasteiger partial charge on any atom is 0.182 e. The molecule has 106 valence electrons. The third kappa shape index (κ3) is 1.55. The monoisotopic (exact) mass is 279 g/mol. The van der Waals surface area contributed by atoms with Crippen LogP contribution in [0.4, 0.5) is 10.2 Å². The van der Waals surface area contributed by atoms with Crippen molar-refractivity contribution >= 4 is 17.0 Å². The van der Waals surface area contributed by atoms with Gasteiger partial charge in [0.2, 0.25) is 0 Å². The number of aliphatic hydroxyl groups is 2. The van der Waals surface area contributed by atoms with Crippen LogP contribution in [-0.2, 0) is 0 Å². The van der Waals surface area contributed by atoms with Crippen molar-refractivity contribution in [2.24, 2.45) is 0 Å².